The van der Waals surface area contributed by atoms with Gasteiger partial charge in [0.25, 0.3) is 0 Å². The summed E-state index contributed by atoms with van der Waals surface area (Å²) in [7, 11) is 0. The summed E-state index contributed by atoms with van der Waals surface area (Å²) in [5.74, 6) is -0.448. The van der Waals surface area contributed by atoms with E-state index in [1.54, 1.807) is 6.92 Å². The summed E-state index contributed by atoms with van der Waals surface area (Å²) in [5, 5.41) is 10.7. The Morgan fingerprint density at radius 1 is 1.12 bits per heavy atom. The predicted octanol–water partition coefficient (Wildman–Crippen LogP) is 4.56. The summed E-state index contributed by atoms with van der Waals surface area (Å²) >= 11 is 4.80. The first kappa shape index (κ1) is 16.7. The number of nitrogens with zero attached hydrogens (tertiary/aromatic N) is 2. The van der Waals surface area contributed by atoms with Gasteiger partial charge >= 0.3 is 5.97 Å². The molecule has 0 aliphatic heterocycles. The van der Waals surface area contributed by atoms with Crippen molar-refractivity contribution in [3.8, 4) is 11.1 Å². The molecule has 0 unspecified atom stereocenters. The van der Waals surface area contributed by atoms with Crippen molar-refractivity contribution in [3.63, 3.8) is 0 Å². The van der Waals surface area contributed by atoms with Crippen molar-refractivity contribution in [3.05, 3.63) is 58.7 Å². The lowest BCUT2D eigenvalue weighted by Crippen LogP contribution is -2.06. The topological polar surface area (TPSA) is 67.9 Å². The summed E-state index contributed by atoms with van der Waals surface area (Å²) in [6, 6.07) is 16.2. The first-order chi connectivity index (χ1) is 11.7. The van der Waals surface area contributed by atoms with Crippen molar-refractivity contribution in [1.29, 1.82) is 0 Å². The molecule has 3 rings (SSSR count). The number of hydrogen-bond donors (Lipinski definition) is 1. The van der Waals surface area contributed by atoms with E-state index in [4.69, 9.17) is 4.74 Å². The van der Waals surface area contributed by atoms with Gasteiger partial charge in [-0.2, -0.15) is 0 Å². The fourth-order valence-corrected chi connectivity index (χ4v) is 3.17. The Morgan fingerprint density at radius 2 is 1.75 bits per heavy atom. The van der Waals surface area contributed by atoms with Crippen LogP contribution in [0.3, 0.4) is 0 Å². The number of hydrogen-bond acceptors (Lipinski definition) is 5. The van der Waals surface area contributed by atoms with Crippen molar-refractivity contribution in [2.24, 2.45) is 0 Å². The molecule has 0 aliphatic carbocycles. The highest BCUT2D eigenvalue weighted by atomic mass is 79.9. The second-order valence-corrected chi connectivity index (χ2v) is 6.82. The third-order valence-electron chi connectivity index (χ3n) is 3.24. The average molecular weight is 404 g/mol. The number of carbonyl (C=O) groups is 1. The Labute approximate surface area is 151 Å². The minimum Gasteiger partial charge on any atom is -0.461 e. The Kier molecular flexibility index (Phi) is 5.32. The Hall–Kier alpha value is -2.12. The van der Waals surface area contributed by atoms with Crippen molar-refractivity contribution >= 4 is 33.7 Å². The molecule has 0 radical (unpaired) electrons. The first-order valence-corrected chi connectivity index (χ1v) is 8.90. The van der Waals surface area contributed by atoms with Crippen LogP contribution in [0.25, 0.3) is 11.1 Å². The molecule has 1 heterocycles. The molecule has 0 saturated carbocycles. The smallest absolute Gasteiger partial charge is 0.359 e. The van der Waals surface area contributed by atoms with Gasteiger partial charge in [-0.05, 0) is 42.3 Å². The van der Waals surface area contributed by atoms with Gasteiger partial charge in [0, 0.05) is 9.37 Å². The summed E-state index contributed by atoms with van der Waals surface area (Å²) in [5.41, 5.74) is 2.54. The molecular weight excluding hydrogens is 390 g/mol. The van der Waals surface area contributed by atoms with Crippen LogP contribution in [0, 0.1) is 0 Å². The SMILES string of the molecule is CCOC(=O)c1[nH]nnc1Sc1ccc(-c2ccc(Br)cc2)cc1. The van der Waals surface area contributed by atoms with Crippen LogP contribution >= 0.6 is 27.7 Å². The predicted molar refractivity (Wildman–Crippen MR) is 96.0 cm³/mol. The summed E-state index contributed by atoms with van der Waals surface area (Å²) in [4.78, 5) is 12.8. The number of carbonyl (C=O) groups excluding carboxylic acids is 1. The maximum Gasteiger partial charge on any atom is 0.359 e. The van der Waals surface area contributed by atoms with Crippen molar-refractivity contribution in [2.75, 3.05) is 6.61 Å². The lowest BCUT2D eigenvalue weighted by atomic mass is 10.1. The summed E-state index contributed by atoms with van der Waals surface area (Å²) in [6.07, 6.45) is 0. The molecule has 5 nitrogen and oxygen atoms in total. The molecule has 0 fully saturated rings. The van der Waals surface area contributed by atoms with Gasteiger partial charge in [0.05, 0.1) is 6.61 Å². The number of ether oxygens (including phenoxy) is 1. The number of nitrogens with one attached hydrogen (secondary N) is 1. The van der Waals surface area contributed by atoms with Gasteiger partial charge < -0.3 is 4.74 Å². The highest BCUT2D eigenvalue weighted by Gasteiger charge is 2.17. The molecule has 0 aliphatic rings. The quantitative estimate of drug-likeness (QED) is 0.632. The maximum atomic E-state index is 11.8. The third kappa shape index (κ3) is 3.85. The van der Waals surface area contributed by atoms with E-state index in [9.17, 15) is 4.79 Å². The number of esters is 1. The Bertz CT molecular complexity index is 832. The summed E-state index contributed by atoms with van der Waals surface area (Å²) in [6.45, 7) is 2.07. The van der Waals surface area contributed by atoms with Gasteiger partial charge in [-0.1, -0.05) is 57.2 Å². The molecule has 0 spiro atoms. The molecule has 2 aromatic carbocycles. The van der Waals surface area contributed by atoms with E-state index >= 15 is 0 Å². The van der Waals surface area contributed by atoms with E-state index in [0.29, 0.717) is 11.6 Å². The molecule has 0 atom stereocenters. The van der Waals surface area contributed by atoms with Crippen LogP contribution in [0.5, 0.6) is 0 Å². The number of halogens is 1. The van der Waals surface area contributed by atoms with Crippen LogP contribution in [0.15, 0.2) is 62.9 Å². The minimum atomic E-state index is -0.448. The Morgan fingerprint density at radius 3 is 2.38 bits per heavy atom. The second-order valence-electron chi connectivity index (χ2n) is 4.85. The molecule has 122 valence electrons. The van der Waals surface area contributed by atoms with Gasteiger partial charge in [-0.3, -0.25) is 5.10 Å². The average Bonchev–Trinajstić information content (AvgIpc) is 3.05. The van der Waals surface area contributed by atoms with Gasteiger partial charge in [0.15, 0.2) is 10.7 Å². The van der Waals surface area contributed by atoms with Crippen LogP contribution in [-0.2, 0) is 4.74 Å². The lowest BCUT2D eigenvalue weighted by molar-refractivity contribution is 0.0515. The molecule has 0 saturated heterocycles. The van der Waals surface area contributed by atoms with E-state index in [1.807, 2.05) is 36.4 Å². The minimum absolute atomic E-state index is 0.277. The highest BCUT2D eigenvalue weighted by Crippen LogP contribution is 2.30. The molecule has 0 bridgehead atoms. The maximum absolute atomic E-state index is 11.8. The summed E-state index contributed by atoms with van der Waals surface area (Å²) < 4.78 is 6.04. The largest absolute Gasteiger partial charge is 0.461 e. The second kappa shape index (κ2) is 7.63. The van der Waals surface area contributed by atoms with Crippen LogP contribution in [0.4, 0.5) is 0 Å². The van der Waals surface area contributed by atoms with Crippen LogP contribution in [0.1, 0.15) is 17.4 Å². The number of aromatic nitrogens is 3. The van der Waals surface area contributed by atoms with E-state index in [0.717, 1.165) is 20.5 Å². The number of aromatic amines is 1. The van der Waals surface area contributed by atoms with Gasteiger partial charge in [-0.25, -0.2) is 4.79 Å². The molecular formula is C17H14BrN3O2S. The molecule has 1 N–H and O–H groups in total. The fourth-order valence-electron chi connectivity index (χ4n) is 2.10. The molecule has 3 aromatic rings. The lowest BCUT2D eigenvalue weighted by Gasteiger charge is -2.04. The van der Waals surface area contributed by atoms with Crippen LogP contribution < -0.4 is 0 Å². The van der Waals surface area contributed by atoms with Crippen LogP contribution in [0.2, 0.25) is 0 Å². The van der Waals surface area contributed by atoms with Crippen molar-refractivity contribution in [1.82, 2.24) is 15.4 Å². The van der Waals surface area contributed by atoms with E-state index in [-0.39, 0.29) is 5.69 Å². The molecule has 7 heteroatoms. The zero-order valence-electron chi connectivity index (χ0n) is 12.8. The Balaban J connectivity index is 1.76. The van der Waals surface area contributed by atoms with Crippen LogP contribution in [-0.4, -0.2) is 28.0 Å². The van der Waals surface area contributed by atoms with Gasteiger partial charge in [0.1, 0.15) is 0 Å². The normalized spacial score (nSPS) is 10.6. The van der Waals surface area contributed by atoms with Crippen molar-refractivity contribution in [2.45, 2.75) is 16.8 Å². The zero-order valence-corrected chi connectivity index (χ0v) is 15.2. The van der Waals surface area contributed by atoms with E-state index in [2.05, 4.69) is 43.5 Å². The number of H-pyrrole nitrogens is 1. The van der Waals surface area contributed by atoms with E-state index in [1.165, 1.54) is 11.8 Å². The number of benzene rings is 2. The van der Waals surface area contributed by atoms with Gasteiger partial charge in [0.2, 0.25) is 0 Å². The fraction of sp³-hybridized carbons (Fsp3) is 0.118. The zero-order chi connectivity index (χ0) is 16.9. The van der Waals surface area contributed by atoms with E-state index < -0.39 is 5.97 Å². The molecule has 24 heavy (non-hydrogen) atoms. The highest BCUT2D eigenvalue weighted by molar-refractivity contribution is 9.10. The van der Waals surface area contributed by atoms with Gasteiger partial charge in [-0.15, -0.1) is 5.10 Å². The van der Waals surface area contributed by atoms with Crippen molar-refractivity contribution < 1.29 is 9.53 Å². The first-order valence-electron chi connectivity index (χ1n) is 7.29. The number of rotatable bonds is 5. The standard InChI is InChI=1S/C17H14BrN3O2S/c1-2-23-17(22)15-16(20-21-19-15)24-14-9-5-12(6-10-14)11-3-7-13(18)8-4-11/h3-10H,2H2,1H3,(H,19,20,21). The monoisotopic (exact) mass is 403 g/mol. The molecule has 0 amide bonds. The third-order valence-corrected chi connectivity index (χ3v) is 4.76. The molecule has 1 aromatic heterocycles.